The van der Waals surface area contributed by atoms with Crippen molar-refractivity contribution in [2.75, 3.05) is 0 Å². The SMILES string of the molecule is NC1C(=O)N(Cc2ccc(F)cc2)C1c1ccccc1Cl. The first-order valence-corrected chi connectivity index (χ1v) is 7.00. The van der Waals surface area contributed by atoms with Crippen LogP contribution in [0, 0.1) is 5.82 Å². The molecule has 0 aromatic heterocycles. The molecule has 3 rings (SSSR count). The molecule has 108 valence electrons. The quantitative estimate of drug-likeness (QED) is 0.886. The highest BCUT2D eigenvalue weighted by atomic mass is 35.5. The molecule has 0 bridgehead atoms. The number of carbonyl (C=O) groups is 1. The molecule has 0 aliphatic carbocycles. The summed E-state index contributed by atoms with van der Waals surface area (Å²) in [4.78, 5) is 13.7. The average Bonchev–Trinajstić information content (AvgIpc) is 2.50. The molecule has 0 radical (unpaired) electrons. The Kier molecular flexibility index (Phi) is 3.66. The number of halogens is 2. The fraction of sp³-hybridized carbons (Fsp3) is 0.188. The zero-order chi connectivity index (χ0) is 15.0. The number of β-lactam (4-membered cyclic amide) rings is 1. The molecule has 3 nitrogen and oxygen atoms in total. The summed E-state index contributed by atoms with van der Waals surface area (Å²) in [5.74, 6) is -0.419. The van der Waals surface area contributed by atoms with Crippen molar-refractivity contribution in [3.05, 3.63) is 70.5 Å². The van der Waals surface area contributed by atoms with E-state index in [4.69, 9.17) is 17.3 Å². The normalized spacial score (nSPS) is 21.3. The molecule has 21 heavy (non-hydrogen) atoms. The molecule has 0 spiro atoms. The molecule has 2 unspecified atom stereocenters. The number of benzene rings is 2. The molecule has 1 aliphatic heterocycles. The smallest absolute Gasteiger partial charge is 0.242 e. The monoisotopic (exact) mass is 304 g/mol. The number of hydrogen-bond donors (Lipinski definition) is 1. The molecule has 1 fully saturated rings. The molecule has 2 atom stereocenters. The van der Waals surface area contributed by atoms with Crippen molar-refractivity contribution in [1.82, 2.24) is 4.90 Å². The molecule has 2 aromatic rings. The highest BCUT2D eigenvalue weighted by molar-refractivity contribution is 6.31. The van der Waals surface area contributed by atoms with Crippen molar-refractivity contribution >= 4 is 17.5 Å². The van der Waals surface area contributed by atoms with Crippen molar-refractivity contribution in [2.45, 2.75) is 18.6 Å². The summed E-state index contributed by atoms with van der Waals surface area (Å²) in [6, 6.07) is 12.6. The Morgan fingerprint density at radius 1 is 1.14 bits per heavy atom. The van der Waals surface area contributed by atoms with E-state index in [9.17, 15) is 9.18 Å². The Bertz CT molecular complexity index is 674. The maximum Gasteiger partial charge on any atom is 0.242 e. The molecule has 0 saturated carbocycles. The summed E-state index contributed by atoms with van der Waals surface area (Å²) in [7, 11) is 0. The van der Waals surface area contributed by atoms with Crippen LogP contribution in [0.15, 0.2) is 48.5 Å². The van der Waals surface area contributed by atoms with Gasteiger partial charge in [-0.25, -0.2) is 4.39 Å². The number of likely N-dealkylation sites (tertiary alicyclic amines) is 1. The van der Waals surface area contributed by atoms with E-state index in [1.54, 1.807) is 23.1 Å². The van der Waals surface area contributed by atoms with E-state index in [1.807, 2.05) is 18.2 Å². The van der Waals surface area contributed by atoms with E-state index >= 15 is 0 Å². The van der Waals surface area contributed by atoms with Crippen LogP contribution in [0.1, 0.15) is 17.2 Å². The fourth-order valence-corrected chi connectivity index (χ4v) is 2.86. The fourth-order valence-electron chi connectivity index (χ4n) is 2.61. The standard InChI is InChI=1S/C16H14ClFN2O/c17-13-4-2-1-3-12(13)15-14(19)16(21)20(15)9-10-5-7-11(18)8-6-10/h1-8,14-15H,9,19H2. The minimum absolute atomic E-state index is 0.121. The van der Waals surface area contributed by atoms with Gasteiger partial charge in [0.15, 0.2) is 0 Å². The minimum atomic E-state index is -0.578. The summed E-state index contributed by atoms with van der Waals surface area (Å²) >= 11 is 6.19. The Morgan fingerprint density at radius 3 is 2.48 bits per heavy atom. The van der Waals surface area contributed by atoms with E-state index in [0.717, 1.165) is 11.1 Å². The van der Waals surface area contributed by atoms with Crippen LogP contribution in [-0.4, -0.2) is 16.8 Å². The highest BCUT2D eigenvalue weighted by Gasteiger charge is 2.46. The van der Waals surface area contributed by atoms with E-state index in [1.165, 1.54) is 12.1 Å². The number of nitrogens with zero attached hydrogens (tertiary/aromatic N) is 1. The second kappa shape index (κ2) is 5.47. The van der Waals surface area contributed by atoms with Crippen LogP contribution in [0.2, 0.25) is 5.02 Å². The van der Waals surface area contributed by atoms with Gasteiger partial charge in [-0.2, -0.15) is 0 Å². The first-order chi connectivity index (χ1) is 10.1. The minimum Gasteiger partial charge on any atom is -0.328 e. The van der Waals surface area contributed by atoms with E-state index in [2.05, 4.69) is 0 Å². The molecule has 1 heterocycles. The lowest BCUT2D eigenvalue weighted by atomic mass is 9.88. The molecular weight excluding hydrogens is 291 g/mol. The van der Waals surface area contributed by atoms with Gasteiger partial charge in [0.1, 0.15) is 11.9 Å². The molecule has 2 aromatic carbocycles. The van der Waals surface area contributed by atoms with Crippen LogP contribution >= 0.6 is 11.6 Å². The second-order valence-electron chi connectivity index (χ2n) is 5.08. The number of carbonyl (C=O) groups excluding carboxylic acids is 1. The third kappa shape index (κ3) is 2.52. The Morgan fingerprint density at radius 2 is 1.81 bits per heavy atom. The Balaban J connectivity index is 1.85. The summed E-state index contributed by atoms with van der Waals surface area (Å²) in [6.45, 7) is 0.392. The van der Waals surface area contributed by atoms with E-state index < -0.39 is 6.04 Å². The maximum atomic E-state index is 12.9. The van der Waals surface area contributed by atoms with Crippen molar-refractivity contribution in [3.63, 3.8) is 0 Å². The van der Waals surface area contributed by atoms with Crippen LogP contribution in [0.5, 0.6) is 0 Å². The van der Waals surface area contributed by atoms with Crippen LogP contribution in [-0.2, 0) is 11.3 Å². The number of amides is 1. The first-order valence-electron chi connectivity index (χ1n) is 6.63. The third-order valence-electron chi connectivity index (χ3n) is 3.73. The van der Waals surface area contributed by atoms with Crippen molar-refractivity contribution in [2.24, 2.45) is 5.73 Å². The largest absolute Gasteiger partial charge is 0.328 e. The van der Waals surface area contributed by atoms with Gasteiger partial charge in [-0.15, -0.1) is 0 Å². The Labute approximate surface area is 127 Å². The van der Waals surface area contributed by atoms with Gasteiger partial charge >= 0.3 is 0 Å². The van der Waals surface area contributed by atoms with E-state index in [-0.39, 0.29) is 17.8 Å². The molecule has 2 N–H and O–H groups in total. The number of hydrogen-bond acceptors (Lipinski definition) is 2. The lowest BCUT2D eigenvalue weighted by Gasteiger charge is -2.46. The molecule has 1 saturated heterocycles. The van der Waals surface area contributed by atoms with Gasteiger partial charge in [-0.1, -0.05) is 41.9 Å². The average molecular weight is 305 g/mol. The van der Waals surface area contributed by atoms with Gasteiger partial charge in [0, 0.05) is 11.6 Å². The number of nitrogens with two attached hydrogens (primary N) is 1. The van der Waals surface area contributed by atoms with Crippen LogP contribution in [0.3, 0.4) is 0 Å². The highest BCUT2D eigenvalue weighted by Crippen LogP contribution is 2.38. The van der Waals surface area contributed by atoms with Crippen LogP contribution in [0.25, 0.3) is 0 Å². The zero-order valence-corrected chi connectivity index (χ0v) is 11.9. The van der Waals surface area contributed by atoms with Crippen LogP contribution < -0.4 is 5.73 Å². The predicted octanol–water partition coefficient (Wildman–Crippen LogP) is 2.89. The summed E-state index contributed by atoms with van der Waals surface area (Å²) in [6.07, 6.45) is 0. The second-order valence-corrected chi connectivity index (χ2v) is 5.49. The van der Waals surface area contributed by atoms with E-state index in [0.29, 0.717) is 11.6 Å². The van der Waals surface area contributed by atoms with Crippen molar-refractivity contribution in [1.29, 1.82) is 0 Å². The molecule has 1 amide bonds. The van der Waals surface area contributed by atoms with Crippen LogP contribution in [0.4, 0.5) is 4.39 Å². The lowest BCUT2D eigenvalue weighted by molar-refractivity contribution is -0.150. The van der Waals surface area contributed by atoms with Gasteiger partial charge in [0.2, 0.25) is 5.91 Å². The van der Waals surface area contributed by atoms with Gasteiger partial charge < -0.3 is 10.6 Å². The summed E-state index contributed by atoms with van der Waals surface area (Å²) in [5.41, 5.74) is 7.62. The third-order valence-corrected chi connectivity index (χ3v) is 4.08. The summed E-state index contributed by atoms with van der Waals surface area (Å²) < 4.78 is 12.9. The first kappa shape index (κ1) is 14.0. The van der Waals surface area contributed by atoms with Crippen molar-refractivity contribution in [3.8, 4) is 0 Å². The molecule has 5 heteroatoms. The van der Waals surface area contributed by atoms with Gasteiger partial charge in [0.25, 0.3) is 0 Å². The number of rotatable bonds is 3. The van der Waals surface area contributed by atoms with Gasteiger partial charge in [0.05, 0.1) is 6.04 Å². The molecule has 1 aliphatic rings. The van der Waals surface area contributed by atoms with Gasteiger partial charge in [-0.3, -0.25) is 4.79 Å². The molecular formula is C16H14ClFN2O. The predicted molar refractivity (Wildman–Crippen MR) is 79.1 cm³/mol. The van der Waals surface area contributed by atoms with Crippen molar-refractivity contribution < 1.29 is 9.18 Å². The zero-order valence-electron chi connectivity index (χ0n) is 11.2. The summed E-state index contributed by atoms with van der Waals surface area (Å²) in [5, 5.41) is 0.592. The maximum absolute atomic E-state index is 12.9. The lowest BCUT2D eigenvalue weighted by Crippen LogP contribution is -2.62. The van der Waals surface area contributed by atoms with Gasteiger partial charge in [-0.05, 0) is 29.3 Å². The topological polar surface area (TPSA) is 46.3 Å². The Hall–Kier alpha value is -1.91.